The highest BCUT2D eigenvalue weighted by Crippen LogP contribution is 2.22. The van der Waals surface area contributed by atoms with E-state index in [1.54, 1.807) is 13.0 Å². The minimum atomic E-state index is -0.252. The van der Waals surface area contributed by atoms with Crippen LogP contribution in [0.25, 0.3) is 0 Å². The van der Waals surface area contributed by atoms with E-state index in [0.29, 0.717) is 19.4 Å². The number of ketones is 1. The molecule has 1 aliphatic carbocycles. The van der Waals surface area contributed by atoms with Gasteiger partial charge in [-0.25, -0.2) is 0 Å². The van der Waals surface area contributed by atoms with Gasteiger partial charge in [0.05, 0.1) is 12.5 Å². The molecule has 0 heterocycles. The molecule has 0 saturated carbocycles. The third-order valence-electron chi connectivity index (χ3n) is 2.04. The second kappa shape index (κ2) is 4.21. The summed E-state index contributed by atoms with van der Waals surface area (Å²) in [7, 11) is 0. The minimum absolute atomic E-state index is 0.0294. The van der Waals surface area contributed by atoms with Gasteiger partial charge in [0.2, 0.25) is 0 Å². The maximum absolute atomic E-state index is 11.3. The summed E-state index contributed by atoms with van der Waals surface area (Å²) in [6.07, 6.45) is 2.57. The number of carbonyl (C=O) groups is 2. The number of hydrogen-bond acceptors (Lipinski definition) is 3. The topological polar surface area (TPSA) is 43.4 Å². The fourth-order valence-electron chi connectivity index (χ4n) is 1.52. The van der Waals surface area contributed by atoms with Gasteiger partial charge in [-0.3, -0.25) is 9.59 Å². The van der Waals surface area contributed by atoms with Gasteiger partial charge in [0.15, 0.2) is 5.78 Å². The van der Waals surface area contributed by atoms with Gasteiger partial charge in [-0.05, 0) is 26.3 Å². The third kappa shape index (κ3) is 2.68. The molecule has 1 rings (SSSR count). The standard InChI is InChI=1S/C10H14O3/c1-3-13-10(12)8-4-7(2)5-9(11)6-8/h5,8H,3-4,6H2,1-2H3. The lowest BCUT2D eigenvalue weighted by Crippen LogP contribution is -2.23. The maximum atomic E-state index is 11.3. The fourth-order valence-corrected chi connectivity index (χ4v) is 1.52. The molecular weight excluding hydrogens is 168 g/mol. The largest absolute Gasteiger partial charge is 0.466 e. The van der Waals surface area contributed by atoms with E-state index in [2.05, 4.69) is 0 Å². The SMILES string of the molecule is CCOC(=O)C1CC(=O)C=C(C)C1. The zero-order chi connectivity index (χ0) is 9.84. The second-order valence-corrected chi connectivity index (χ2v) is 3.31. The fraction of sp³-hybridized carbons (Fsp3) is 0.600. The molecule has 0 aromatic carbocycles. The van der Waals surface area contributed by atoms with E-state index in [9.17, 15) is 9.59 Å². The van der Waals surface area contributed by atoms with Crippen LogP contribution in [-0.2, 0) is 14.3 Å². The van der Waals surface area contributed by atoms with Crippen molar-refractivity contribution >= 4 is 11.8 Å². The van der Waals surface area contributed by atoms with Crippen molar-refractivity contribution < 1.29 is 14.3 Å². The molecule has 0 aromatic heterocycles. The van der Waals surface area contributed by atoms with Crippen molar-refractivity contribution in [3.8, 4) is 0 Å². The first-order chi connectivity index (χ1) is 6.13. The Morgan fingerprint density at radius 3 is 2.85 bits per heavy atom. The molecule has 3 heteroatoms. The molecule has 0 aromatic rings. The van der Waals surface area contributed by atoms with Crippen molar-refractivity contribution in [2.24, 2.45) is 5.92 Å². The van der Waals surface area contributed by atoms with Crippen LogP contribution < -0.4 is 0 Å². The van der Waals surface area contributed by atoms with Crippen molar-refractivity contribution in [1.29, 1.82) is 0 Å². The molecule has 13 heavy (non-hydrogen) atoms. The van der Waals surface area contributed by atoms with Crippen LogP contribution >= 0.6 is 0 Å². The smallest absolute Gasteiger partial charge is 0.309 e. The van der Waals surface area contributed by atoms with E-state index in [1.807, 2.05) is 6.92 Å². The third-order valence-corrected chi connectivity index (χ3v) is 2.04. The van der Waals surface area contributed by atoms with Crippen molar-refractivity contribution in [3.63, 3.8) is 0 Å². The molecule has 72 valence electrons. The summed E-state index contributed by atoms with van der Waals surface area (Å²) in [5.74, 6) is -0.470. The molecule has 0 radical (unpaired) electrons. The zero-order valence-electron chi connectivity index (χ0n) is 8.00. The van der Waals surface area contributed by atoms with Crippen molar-refractivity contribution in [1.82, 2.24) is 0 Å². The molecule has 1 atom stereocenters. The second-order valence-electron chi connectivity index (χ2n) is 3.31. The zero-order valence-corrected chi connectivity index (χ0v) is 8.00. The Labute approximate surface area is 77.8 Å². The summed E-state index contributed by atoms with van der Waals surface area (Å²) in [5, 5.41) is 0. The van der Waals surface area contributed by atoms with E-state index in [-0.39, 0.29) is 17.7 Å². The number of esters is 1. The van der Waals surface area contributed by atoms with Gasteiger partial charge in [0.1, 0.15) is 0 Å². The lowest BCUT2D eigenvalue weighted by Gasteiger charge is -2.18. The first-order valence-corrected chi connectivity index (χ1v) is 4.50. The van der Waals surface area contributed by atoms with Gasteiger partial charge in [0, 0.05) is 6.42 Å². The molecule has 0 amide bonds. The van der Waals surface area contributed by atoms with Crippen LogP contribution in [0, 0.1) is 5.92 Å². The van der Waals surface area contributed by atoms with Gasteiger partial charge in [-0.15, -0.1) is 0 Å². The van der Waals surface area contributed by atoms with Crippen LogP contribution in [0.2, 0.25) is 0 Å². The highest BCUT2D eigenvalue weighted by Gasteiger charge is 2.25. The highest BCUT2D eigenvalue weighted by molar-refractivity contribution is 5.94. The molecule has 0 fully saturated rings. The van der Waals surface area contributed by atoms with Gasteiger partial charge < -0.3 is 4.74 Å². The van der Waals surface area contributed by atoms with E-state index in [0.717, 1.165) is 5.57 Å². The monoisotopic (exact) mass is 182 g/mol. The number of allylic oxidation sites excluding steroid dienone is 2. The first-order valence-electron chi connectivity index (χ1n) is 4.50. The summed E-state index contributed by atoms with van der Waals surface area (Å²) in [5.41, 5.74) is 0.967. The van der Waals surface area contributed by atoms with Crippen LogP contribution in [0.4, 0.5) is 0 Å². The van der Waals surface area contributed by atoms with Crippen LogP contribution in [0.15, 0.2) is 11.6 Å². The Kier molecular flexibility index (Phi) is 3.23. The van der Waals surface area contributed by atoms with Gasteiger partial charge in [0.25, 0.3) is 0 Å². The molecule has 0 N–H and O–H groups in total. The molecule has 0 spiro atoms. The average molecular weight is 182 g/mol. The molecule has 1 unspecified atom stereocenters. The Morgan fingerprint density at radius 1 is 1.62 bits per heavy atom. The molecular formula is C10H14O3. The predicted octanol–water partition coefficient (Wildman–Crippen LogP) is 1.47. The molecule has 0 bridgehead atoms. The number of hydrogen-bond donors (Lipinski definition) is 0. The average Bonchev–Trinajstić information content (AvgIpc) is 2.03. The summed E-state index contributed by atoms with van der Waals surface area (Å²) in [6.45, 7) is 4.01. The Hall–Kier alpha value is -1.12. The van der Waals surface area contributed by atoms with E-state index < -0.39 is 0 Å². The summed E-state index contributed by atoms with van der Waals surface area (Å²) in [6, 6.07) is 0. The highest BCUT2D eigenvalue weighted by atomic mass is 16.5. The Bertz CT molecular complexity index is 253. The van der Waals surface area contributed by atoms with Crippen LogP contribution in [0.3, 0.4) is 0 Å². The Morgan fingerprint density at radius 2 is 2.31 bits per heavy atom. The first kappa shape index (κ1) is 9.96. The van der Waals surface area contributed by atoms with Crippen LogP contribution in [0.1, 0.15) is 26.7 Å². The molecule has 1 aliphatic rings. The summed E-state index contributed by atoms with van der Waals surface area (Å²) < 4.78 is 4.86. The summed E-state index contributed by atoms with van der Waals surface area (Å²) in [4.78, 5) is 22.4. The number of rotatable bonds is 2. The van der Waals surface area contributed by atoms with E-state index in [1.165, 1.54) is 0 Å². The van der Waals surface area contributed by atoms with E-state index >= 15 is 0 Å². The van der Waals surface area contributed by atoms with Gasteiger partial charge >= 0.3 is 5.97 Å². The van der Waals surface area contributed by atoms with Crippen LogP contribution in [-0.4, -0.2) is 18.4 Å². The number of carbonyl (C=O) groups excluding carboxylic acids is 2. The molecule has 0 aliphatic heterocycles. The predicted molar refractivity (Wildman–Crippen MR) is 48.1 cm³/mol. The van der Waals surface area contributed by atoms with E-state index in [4.69, 9.17) is 4.74 Å². The van der Waals surface area contributed by atoms with Gasteiger partial charge in [-0.1, -0.05) is 5.57 Å². The van der Waals surface area contributed by atoms with Crippen molar-refractivity contribution in [2.75, 3.05) is 6.61 Å². The summed E-state index contributed by atoms with van der Waals surface area (Å²) >= 11 is 0. The molecule has 3 nitrogen and oxygen atoms in total. The maximum Gasteiger partial charge on any atom is 0.309 e. The van der Waals surface area contributed by atoms with Crippen LogP contribution in [0.5, 0.6) is 0 Å². The minimum Gasteiger partial charge on any atom is -0.466 e. The number of ether oxygens (including phenoxy) is 1. The quantitative estimate of drug-likeness (QED) is 0.607. The van der Waals surface area contributed by atoms with Crippen molar-refractivity contribution in [3.05, 3.63) is 11.6 Å². The Balaban J connectivity index is 2.59. The van der Waals surface area contributed by atoms with Crippen molar-refractivity contribution in [2.45, 2.75) is 26.7 Å². The lowest BCUT2D eigenvalue weighted by atomic mass is 9.89. The lowest BCUT2D eigenvalue weighted by molar-refractivity contribution is -0.149. The van der Waals surface area contributed by atoms with Gasteiger partial charge in [-0.2, -0.15) is 0 Å². The normalized spacial score (nSPS) is 22.5. The molecule has 0 saturated heterocycles.